The van der Waals surface area contributed by atoms with E-state index in [1.807, 2.05) is 0 Å². The minimum Gasteiger partial charge on any atom is -0.355 e. The molecule has 3 aromatic carbocycles. The van der Waals surface area contributed by atoms with Crippen molar-refractivity contribution in [2.75, 3.05) is 17.4 Å². The van der Waals surface area contributed by atoms with Gasteiger partial charge in [-0.3, -0.25) is 13.9 Å². The molecule has 0 aliphatic heterocycles. The smallest absolute Gasteiger partial charge is 0.264 e. The van der Waals surface area contributed by atoms with Gasteiger partial charge >= 0.3 is 0 Å². The maximum absolute atomic E-state index is 13.7. The number of carbonyl (C=O) groups is 2. The third kappa shape index (κ3) is 6.87. The number of halogens is 2. The van der Waals surface area contributed by atoms with E-state index in [9.17, 15) is 18.0 Å². The highest BCUT2D eigenvalue weighted by Gasteiger charge is 2.32. The summed E-state index contributed by atoms with van der Waals surface area (Å²) in [6.07, 6.45) is 0. The molecule has 0 aliphatic carbocycles. The van der Waals surface area contributed by atoms with Crippen LogP contribution in [0.25, 0.3) is 0 Å². The van der Waals surface area contributed by atoms with Crippen LogP contribution in [0.2, 0.25) is 5.02 Å². The number of nitrogens with one attached hydrogen (secondary N) is 1. The van der Waals surface area contributed by atoms with Crippen molar-refractivity contribution >= 4 is 55.1 Å². The van der Waals surface area contributed by atoms with Crippen molar-refractivity contribution < 1.29 is 18.0 Å². The van der Waals surface area contributed by atoms with Gasteiger partial charge < -0.3 is 10.2 Å². The Hall–Kier alpha value is -2.88. The Morgan fingerprint density at radius 3 is 2.33 bits per heavy atom. The van der Waals surface area contributed by atoms with E-state index in [4.69, 9.17) is 11.6 Å². The highest BCUT2D eigenvalue weighted by Crippen LogP contribution is 2.27. The molecule has 1 N–H and O–H groups in total. The van der Waals surface area contributed by atoms with Crippen molar-refractivity contribution in [3.05, 3.63) is 93.9 Å². The molecule has 190 valence electrons. The monoisotopic (exact) mass is 591 g/mol. The minimum atomic E-state index is -4.09. The highest BCUT2D eigenvalue weighted by atomic mass is 79.9. The summed E-state index contributed by atoms with van der Waals surface area (Å²) >= 11 is 9.51. The average molecular weight is 593 g/mol. The van der Waals surface area contributed by atoms with Gasteiger partial charge in [0.25, 0.3) is 10.0 Å². The van der Waals surface area contributed by atoms with Crippen LogP contribution in [-0.2, 0) is 26.2 Å². The summed E-state index contributed by atoms with van der Waals surface area (Å²) in [4.78, 5) is 27.8. The number of likely N-dealkylation sites (N-methyl/N-ethyl adjacent to an activating group) is 1. The van der Waals surface area contributed by atoms with Gasteiger partial charge in [-0.2, -0.15) is 0 Å². The fourth-order valence-corrected chi connectivity index (χ4v) is 5.64. The van der Waals surface area contributed by atoms with E-state index in [-0.39, 0.29) is 17.3 Å². The van der Waals surface area contributed by atoms with E-state index >= 15 is 0 Å². The SMILES string of the molecule is CCNC(=O)[C@@H](C)N(Cc1cccc(Cl)c1)C(=O)CN(c1cccc(Br)c1)S(=O)(=O)c1ccccc1. The lowest BCUT2D eigenvalue weighted by Gasteiger charge is -2.32. The Kier molecular flexibility index (Phi) is 9.53. The molecule has 1 atom stereocenters. The highest BCUT2D eigenvalue weighted by molar-refractivity contribution is 9.10. The number of rotatable bonds is 10. The molecule has 0 aromatic heterocycles. The first-order chi connectivity index (χ1) is 17.1. The third-order valence-corrected chi connectivity index (χ3v) is 7.98. The molecular formula is C26H27BrClN3O4S. The van der Waals surface area contributed by atoms with Crippen LogP contribution in [-0.4, -0.2) is 44.3 Å². The molecule has 0 saturated carbocycles. The van der Waals surface area contributed by atoms with Gasteiger partial charge in [0.1, 0.15) is 12.6 Å². The van der Waals surface area contributed by atoms with E-state index in [0.29, 0.717) is 27.3 Å². The van der Waals surface area contributed by atoms with Gasteiger partial charge in [0.15, 0.2) is 0 Å². The lowest BCUT2D eigenvalue weighted by molar-refractivity contribution is -0.139. The second-order valence-electron chi connectivity index (χ2n) is 8.03. The molecule has 0 spiro atoms. The van der Waals surface area contributed by atoms with Gasteiger partial charge in [0.2, 0.25) is 11.8 Å². The number of hydrogen-bond donors (Lipinski definition) is 1. The van der Waals surface area contributed by atoms with Crippen molar-refractivity contribution in [2.45, 2.75) is 31.3 Å². The maximum atomic E-state index is 13.7. The van der Waals surface area contributed by atoms with Crippen LogP contribution in [0.4, 0.5) is 5.69 Å². The Morgan fingerprint density at radius 2 is 1.69 bits per heavy atom. The Morgan fingerprint density at radius 1 is 1.00 bits per heavy atom. The number of sulfonamides is 1. The number of hydrogen-bond acceptors (Lipinski definition) is 4. The van der Waals surface area contributed by atoms with E-state index < -0.39 is 28.5 Å². The van der Waals surface area contributed by atoms with Crippen molar-refractivity contribution in [3.63, 3.8) is 0 Å². The van der Waals surface area contributed by atoms with Gasteiger partial charge in [-0.05, 0) is 61.9 Å². The Labute approximate surface area is 225 Å². The van der Waals surface area contributed by atoms with Crippen LogP contribution in [0.1, 0.15) is 19.4 Å². The first-order valence-corrected chi connectivity index (χ1v) is 13.9. The summed E-state index contributed by atoms with van der Waals surface area (Å²) < 4.78 is 29.0. The zero-order valence-corrected chi connectivity index (χ0v) is 23.1. The van der Waals surface area contributed by atoms with Crippen LogP contribution in [0.3, 0.4) is 0 Å². The molecule has 2 amide bonds. The summed E-state index contributed by atoms with van der Waals surface area (Å²) in [6, 6.07) is 20.7. The zero-order valence-electron chi connectivity index (χ0n) is 19.9. The topological polar surface area (TPSA) is 86.8 Å². The molecule has 3 rings (SSSR count). The fourth-order valence-electron chi connectivity index (χ4n) is 3.62. The van der Waals surface area contributed by atoms with Crippen LogP contribution < -0.4 is 9.62 Å². The first kappa shape index (κ1) is 27.7. The van der Waals surface area contributed by atoms with Crippen LogP contribution in [0.5, 0.6) is 0 Å². The Balaban J connectivity index is 2.02. The van der Waals surface area contributed by atoms with Crippen LogP contribution >= 0.6 is 27.5 Å². The maximum Gasteiger partial charge on any atom is 0.264 e. The minimum absolute atomic E-state index is 0.0518. The second-order valence-corrected chi connectivity index (χ2v) is 11.2. The van der Waals surface area contributed by atoms with E-state index in [2.05, 4.69) is 21.2 Å². The number of benzene rings is 3. The summed E-state index contributed by atoms with van der Waals surface area (Å²) in [5, 5.41) is 3.22. The fraction of sp³-hybridized carbons (Fsp3) is 0.231. The number of anilines is 1. The molecule has 0 fully saturated rings. The number of carbonyl (C=O) groups excluding carboxylic acids is 2. The average Bonchev–Trinajstić information content (AvgIpc) is 2.86. The molecule has 10 heteroatoms. The standard InChI is InChI=1S/C26H27BrClN3O4S/c1-3-29-26(33)19(2)30(17-20-9-7-11-22(28)15-20)25(32)18-31(23-12-8-10-21(27)16-23)36(34,35)24-13-5-4-6-14-24/h4-16,19H,3,17-18H2,1-2H3,(H,29,33)/t19-/m1/s1. The van der Waals surface area contributed by atoms with Gasteiger partial charge in [-0.25, -0.2) is 8.42 Å². The number of amides is 2. The van der Waals surface area contributed by atoms with Crippen LogP contribution in [0, 0.1) is 0 Å². The first-order valence-electron chi connectivity index (χ1n) is 11.3. The molecule has 0 unspecified atom stereocenters. The molecule has 36 heavy (non-hydrogen) atoms. The summed E-state index contributed by atoms with van der Waals surface area (Å²) in [5.41, 5.74) is 1.03. The van der Waals surface area contributed by atoms with Crippen molar-refractivity contribution in [1.29, 1.82) is 0 Å². The van der Waals surface area contributed by atoms with Crippen molar-refractivity contribution in [3.8, 4) is 0 Å². The molecule has 0 aliphatic rings. The molecule has 0 saturated heterocycles. The Bertz CT molecular complexity index is 1320. The van der Waals surface area contributed by atoms with Crippen molar-refractivity contribution in [2.24, 2.45) is 0 Å². The van der Waals surface area contributed by atoms with Gasteiger partial charge in [0.05, 0.1) is 10.6 Å². The van der Waals surface area contributed by atoms with Crippen molar-refractivity contribution in [1.82, 2.24) is 10.2 Å². The van der Waals surface area contributed by atoms with Gasteiger partial charge in [-0.15, -0.1) is 0 Å². The van der Waals surface area contributed by atoms with E-state index in [1.54, 1.807) is 80.6 Å². The quantitative estimate of drug-likeness (QED) is 0.365. The number of nitrogens with zero attached hydrogens (tertiary/aromatic N) is 2. The van der Waals surface area contributed by atoms with Gasteiger partial charge in [-0.1, -0.05) is 63.9 Å². The molecule has 0 radical (unpaired) electrons. The summed E-state index contributed by atoms with van der Waals surface area (Å²) in [6.45, 7) is 3.38. The normalized spacial score (nSPS) is 12.0. The van der Waals surface area contributed by atoms with Crippen LogP contribution in [0.15, 0.2) is 88.2 Å². The lowest BCUT2D eigenvalue weighted by atomic mass is 10.1. The molecule has 3 aromatic rings. The predicted molar refractivity (Wildman–Crippen MR) is 145 cm³/mol. The zero-order chi connectivity index (χ0) is 26.3. The summed E-state index contributed by atoms with van der Waals surface area (Å²) in [5.74, 6) is -0.874. The molecule has 7 nitrogen and oxygen atoms in total. The molecule has 0 heterocycles. The molecule has 0 bridgehead atoms. The largest absolute Gasteiger partial charge is 0.355 e. The second kappa shape index (κ2) is 12.4. The third-order valence-electron chi connectivity index (χ3n) is 5.47. The van der Waals surface area contributed by atoms with E-state index in [0.717, 1.165) is 4.31 Å². The summed E-state index contributed by atoms with van der Waals surface area (Å²) in [7, 11) is -4.09. The predicted octanol–water partition coefficient (Wildman–Crippen LogP) is 4.85. The molecular weight excluding hydrogens is 566 g/mol. The van der Waals surface area contributed by atoms with Gasteiger partial charge in [0, 0.05) is 22.6 Å². The lowest BCUT2D eigenvalue weighted by Crippen LogP contribution is -2.51. The van der Waals surface area contributed by atoms with E-state index in [1.165, 1.54) is 17.0 Å².